The maximum Gasteiger partial charge on any atom is 0.242 e. The van der Waals surface area contributed by atoms with Crippen LogP contribution in [0.5, 0.6) is 5.75 Å². The van der Waals surface area contributed by atoms with Crippen molar-refractivity contribution in [3.63, 3.8) is 0 Å². The third kappa shape index (κ3) is 2.40. The molecule has 3 N–H and O–H groups in total. The second-order valence-corrected chi connectivity index (χ2v) is 6.75. The Bertz CT molecular complexity index is 982. The van der Waals surface area contributed by atoms with E-state index in [4.69, 9.17) is 5.14 Å². The summed E-state index contributed by atoms with van der Waals surface area (Å²) >= 11 is 0. The second-order valence-electron chi connectivity index (χ2n) is 5.26. The molecule has 0 atom stereocenters. The molecule has 0 bridgehead atoms. The van der Waals surface area contributed by atoms with Gasteiger partial charge in [0.25, 0.3) is 0 Å². The molecule has 0 radical (unpaired) electrons. The van der Waals surface area contributed by atoms with Gasteiger partial charge in [-0.1, -0.05) is 31.5 Å². The van der Waals surface area contributed by atoms with Crippen molar-refractivity contribution in [1.82, 2.24) is 4.98 Å². The molecule has 5 nitrogen and oxygen atoms in total. The first kappa shape index (κ1) is 14.7. The van der Waals surface area contributed by atoms with E-state index in [0.717, 1.165) is 17.3 Å². The van der Waals surface area contributed by atoms with Gasteiger partial charge >= 0.3 is 0 Å². The van der Waals surface area contributed by atoms with Crippen molar-refractivity contribution >= 4 is 31.8 Å². The van der Waals surface area contributed by atoms with Crippen molar-refractivity contribution in [3.05, 3.63) is 42.0 Å². The number of para-hydroxylation sites is 1. The largest absolute Gasteiger partial charge is 0.506 e. The maximum absolute atomic E-state index is 11.9. The third-order valence-electron chi connectivity index (χ3n) is 3.63. The summed E-state index contributed by atoms with van der Waals surface area (Å²) in [6.07, 6.45) is 1.24. The van der Waals surface area contributed by atoms with Crippen LogP contribution in [0.15, 0.2) is 41.3 Å². The number of aromatic hydroxyl groups is 1. The number of hydrogen-bond donors (Lipinski definition) is 2. The van der Waals surface area contributed by atoms with Crippen molar-refractivity contribution in [1.29, 1.82) is 0 Å². The third-order valence-corrected chi connectivity index (χ3v) is 4.65. The lowest BCUT2D eigenvalue weighted by molar-refractivity contribution is 0.463. The van der Waals surface area contributed by atoms with Gasteiger partial charge in [-0.3, -0.25) is 0 Å². The zero-order valence-electron chi connectivity index (χ0n) is 12.1. The van der Waals surface area contributed by atoms with Crippen LogP contribution in [0, 0.1) is 0 Å². The molecule has 22 heavy (non-hydrogen) atoms. The lowest BCUT2D eigenvalue weighted by atomic mass is 10.0. The summed E-state index contributed by atoms with van der Waals surface area (Å²) in [6, 6.07) is 10.9. The Hall–Kier alpha value is -2.18. The fourth-order valence-corrected chi connectivity index (χ4v) is 3.61. The quantitative estimate of drug-likeness (QED) is 0.726. The summed E-state index contributed by atoms with van der Waals surface area (Å²) in [4.78, 5) is 4.31. The van der Waals surface area contributed by atoms with Gasteiger partial charge in [0.05, 0.1) is 11.0 Å². The van der Waals surface area contributed by atoms with E-state index in [1.54, 1.807) is 12.1 Å². The van der Waals surface area contributed by atoms with Crippen LogP contribution in [0.25, 0.3) is 21.8 Å². The molecule has 1 aromatic heterocycles. The molecule has 0 aliphatic carbocycles. The number of phenolic OH excluding ortho intramolecular Hbond substituents is 1. The lowest BCUT2D eigenvalue weighted by Crippen LogP contribution is -2.15. The number of primary sulfonamides is 1. The number of nitrogens with zero attached hydrogens (tertiary/aromatic N) is 1. The van der Waals surface area contributed by atoms with Crippen molar-refractivity contribution < 1.29 is 13.5 Å². The van der Waals surface area contributed by atoms with E-state index in [0.29, 0.717) is 22.9 Å². The minimum Gasteiger partial charge on any atom is -0.506 e. The zero-order chi connectivity index (χ0) is 15.9. The topological polar surface area (TPSA) is 93.3 Å². The van der Waals surface area contributed by atoms with Crippen molar-refractivity contribution in [2.45, 2.75) is 24.7 Å². The minimum atomic E-state index is -4.01. The van der Waals surface area contributed by atoms with E-state index in [2.05, 4.69) is 4.98 Å². The molecular formula is C16H16N2O3S. The van der Waals surface area contributed by atoms with Gasteiger partial charge in [0.15, 0.2) is 0 Å². The number of aryl methyl sites for hydroxylation is 1. The Morgan fingerprint density at radius 3 is 2.59 bits per heavy atom. The molecule has 114 valence electrons. The van der Waals surface area contributed by atoms with Crippen molar-refractivity contribution in [3.8, 4) is 5.75 Å². The molecule has 0 spiro atoms. The molecule has 1 heterocycles. The number of fused-ring (bicyclic) bond motifs is 2. The van der Waals surface area contributed by atoms with Crippen LogP contribution < -0.4 is 5.14 Å². The molecule has 0 fully saturated rings. The van der Waals surface area contributed by atoms with Crippen LogP contribution in [-0.2, 0) is 16.4 Å². The molecule has 3 aromatic rings. The van der Waals surface area contributed by atoms with Crippen LogP contribution in [0.3, 0.4) is 0 Å². The number of hydrogen-bond acceptors (Lipinski definition) is 4. The number of nitrogens with two attached hydrogens (primary N) is 1. The molecule has 3 rings (SSSR count). The van der Waals surface area contributed by atoms with Crippen molar-refractivity contribution in [2.75, 3.05) is 0 Å². The highest BCUT2D eigenvalue weighted by atomic mass is 32.2. The Morgan fingerprint density at radius 2 is 1.91 bits per heavy atom. The number of aromatic nitrogens is 1. The van der Waals surface area contributed by atoms with Gasteiger partial charge < -0.3 is 5.11 Å². The van der Waals surface area contributed by atoms with Gasteiger partial charge in [-0.05, 0) is 30.2 Å². The first-order valence-electron chi connectivity index (χ1n) is 6.99. The summed E-state index contributed by atoms with van der Waals surface area (Å²) in [7, 11) is -4.01. The van der Waals surface area contributed by atoms with Crippen LogP contribution in [0.2, 0.25) is 0 Å². The van der Waals surface area contributed by atoms with E-state index < -0.39 is 10.0 Å². The van der Waals surface area contributed by atoms with E-state index >= 15 is 0 Å². The standard InChI is InChI=1S/C16H16N2O3S/c1-2-5-11-9-14-12(15(19)16(11)22(17,20)21)8-10-6-3-4-7-13(10)18-14/h3-4,6-9,19H,2,5H2,1H3,(H2,17,20,21). The summed E-state index contributed by atoms with van der Waals surface area (Å²) < 4.78 is 23.7. The monoisotopic (exact) mass is 316 g/mol. The number of rotatable bonds is 3. The smallest absolute Gasteiger partial charge is 0.242 e. The summed E-state index contributed by atoms with van der Waals surface area (Å²) in [5.74, 6) is -0.318. The Labute approximate surface area is 128 Å². The summed E-state index contributed by atoms with van der Waals surface area (Å²) in [5, 5.41) is 17.0. The second kappa shape index (κ2) is 5.23. The molecular weight excluding hydrogens is 300 g/mol. The number of sulfonamides is 1. The molecule has 2 aromatic carbocycles. The molecule has 0 saturated heterocycles. The Balaban J connectivity index is 2.46. The van der Waals surface area contributed by atoms with Crippen LogP contribution in [0.1, 0.15) is 18.9 Å². The predicted molar refractivity (Wildman–Crippen MR) is 86.3 cm³/mol. The molecule has 6 heteroatoms. The van der Waals surface area contributed by atoms with E-state index in [1.165, 1.54) is 0 Å². The van der Waals surface area contributed by atoms with E-state index in [1.807, 2.05) is 31.2 Å². The van der Waals surface area contributed by atoms with Gasteiger partial charge in [-0.25, -0.2) is 18.5 Å². The zero-order valence-corrected chi connectivity index (χ0v) is 12.9. The number of pyridine rings is 1. The number of benzene rings is 2. The lowest BCUT2D eigenvalue weighted by Gasteiger charge is -2.12. The molecule has 0 unspecified atom stereocenters. The predicted octanol–water partition coefficient (Wildman–Crippen LogP) is 2.69. The van der Waals surface area contributed by atoms with Gasteiger partial charge in [0.2, 0.25) is 10.0 Å². The van der Waals surface area contributed by atoms with E-state index in [9.17, 15) is 13.5 Å². The van der Waals surface area contributed by atoms with Gasteiger partial charge in [-0.15, -0.1) is 0 Å². The first-order chi connectivity index (χ1) is 10.4. The van der Waals surface area contributed by atoms with Gasteiger partial charge in [0, 0.05) is 10.8 Å². The number of phenols is 1. The summed E-state index contributed by atoms with van der Waals surface area (Å²) in [6.45, 7) is 1.93. The van der Waals surface area contributed by atoms with Crippen LogP contribution in [-0.4, -0.2) is 18.5 Å². The molecule has 0 saturated carbocycles. The van der Waals surface area contributed by atoms with Crippen molar-refractivity contribution in [2.24, 2.45) is 5.14 Å². The molecule has 0 aliphatic heterocycles. The Morgan fingerprint density at radius 1 is 1.18 bits per heavy atom. The molecule has 0 aliphatic rings. The fraction of sp³-hybridized carbons (Fsp3) is 0.188. The van der Waals surface area contributed by atoms with Crippen LogP contribution >= 0.6 is 0 Å². The fourth-order valence-electron chi connectivity index (χ4n) is 2.71. The SMILES string of the molecule is CCCc1cc2nc3ccccc3cc2c(O)c1S(N)(=O)=O. The summed E-state index contributed by atoms with van der Waals surface area (Å²) in [5.41, 5.74) is 1.85. The maximum atomic E-state index is 11.9. The average Bonchev–Trinajstić information content (AvgIpc) is 2.44. The Kier molecular flexibility index (Phi) is 3.50. The first-order valence-corrected chi connectivity index (χ1v) is 8.53. The van der Waals surface area contributed by atoms with Crippen LogP contribution in [0.4, 0.5) is 0 Å². The molecule has 0 amide bonds. The van der Waals surface area contributed by atoms with E-state index in [-0.39, 0.29) is 10.6 Å². The van der Waals surface area contributed by atoms with Gasteiger partial charge in [-0.2, -0.15) is 0 Å². The highest BCUT2D eigenvalue weighted by Crippen LogP contribution is 2.35. The minimum absolute atomic E-state index is 0.195. The van der Waals surface area contributed by atoms with Gasteiger partial charge in [0.1, 0.15) is 10.6 Å². The highest BCUT2D eigenvalue weighted by molar-refractivity contribution is 7.89. The highest BCUT2D eigenvalue weighted by Gasteiger charge is 2.22. The normalized spacial score (nSPS) is 12.1. The average molecular weight is 316 g/mol.